The molecule has 0 bridgehead atoms. The number of benzene rings is 2. The highest BCUT2D eigenvalue weighted by Crippen LogP contribution is 2.19. The molecular formula is C27H37N3O3. The molecule has 2 aromatic carbocycles. The SMILES string of the molecule is CCCCCCOc1ccc(NC(=O)CNc2cccc(C(=O)NC3CCCCC3)c2)cc1. The molecule has 1 aliphatic rings. The van der Waals surface area contributed by atoms with Gasteiger partial charge in [-0.3, -0.25) is 9.59 Å². The quantitative estimate of drug-likeness (QED) is 0.359. The van der Waals surface area contributed by atoms with Crippen LogP contribution >= 0.6 is 0 Å². The van der Waals surface area contributed by atoms with E-state index in [2.05, 4.69) is 22.9 Å². The van der Waals surface area contributed by atoms with Gasteiger partial charge in [0.2, 0.25) is 5.91 Å². The molecule has 0 aliphatic heterocycles. The summed E-state index contributed by atoms with van der Waals surface area (Å²) in [6.45, 7) is 3.02. The minimum atomic E-state index is -0.153. The molecule has 0 saturated heterocycles. The second-order valence-electron chi connectivity index (χ2n) is 8.72. The monoisotopic (exact) mass is 451 g/mol. The van der Waals surface area contributed by atoms with Crippen molar-refractivity contribution < 1.29 is 14.3 Å². The molecule has 1 aliphatic carbocycles. The third-order valence-corrected chi connectivity index (χ3v) is 5.92. The van der Waals surface area contributed by atoms with Crippen LogP contribution in [0.2, 0.25) is 0 Å². The highest BCUT2D eigenvalue weighted by atomic mass is 16.5. The lowest BCUT2D eigenvalue weighted by molar-refractivity contribution is -0.114. The first-order valence-electron chi connectivity index (χ1n) is 12.3. The van der Waals surface area contributed by atoms with Gasteiger partial charge in [-0.2, -0.15) is 0 Å². The van der Waals surface area contributed by atoms with Crippen LogP contribution in [0.15, 0.2) is 48.5 Å². The number of amides is 2. The highest BCUT2D eigenvalue weighted by molar-refractivity contribution is 5.96. The van der Waals surface area contributed by atoms with Gasteiger partial charge in [0.05, 0.1) is 13.2 Å². The Balaban J connectivity index is 1.41. The average Bonchev–Trinajstić information content (AvgIpc) is 2.84. The summed E-state index contributed by atoms with van der Waals surface area (Å²) in [5.41, 5.74) is 2.07. The van der Waals surface area contributed by atoms with Gasteiger partial charge in [0.1, 0.15) is 5.75 Å². The lowest BCUT2D eigenvalue weighted by Crippen LogP contribution is -2.36. The van der Waals surface area contributed by atoms with Gasteiger partial charge in [-0.1, -0.05) is 51.5 Å². The van der Waals surface area contributed by atoms with Gasteiger partial charge >= 0.3 is 0 Å². The Morgan fingerprint density at radius 3 is 2.48 bits per heavy atom. The Bertz CT molecular complexity index is 876. The number of hydrogen-bond acceptors (Lipinski definition) is 4. The summed E-state index contributed by atoms with van der Waals surface area (Å²) in [4.78, 5) is 24.9. The third-order valence-electron chi connectivity index (χ3n) is 5.92. The Labute approximate surface area is 197 Å². The first kappa shape index (κ1) is 24.6. The van der Waals surface area contributed by atoms with Crippen molar-refractivity contribution in [3.8, 4) is 5.75 Å². The van der Waals surface area contributed by atoms with E-state index in [1.807, 2.05) is 36.4 Å². The molecule has 0 spiro atoms. The van der Waals surface area contributed by atoms with Crippen LogP contribution in [0.5, 0.6) is 5.75 Å². The number of hydrogen-bond donors (Lipinski definition) is 3. The second-order valence-corrected chi connectivity index (χ2v) is 8.72. The molecule has 0 heterocycles. The predicted octanol–water partition coefficient (Wildman–Crippen LogP) is 5.76. The smallest absolute Gasteiger partial charge is 0.251 e. The molecule has 3 N–H and O–H groups in total. The van der Waals surface area contributed by atoms with Crippen LogP contribution in [-0.2, 0) is 4.79 Å². The summed E-state index contributed by atoms with van der Waals surface area (Å²) >= 11 is 0. The molecule has 1 saturated carbocycles. The van der Waals surface area contributed by atoms with Crippen LogP contribution in [0.25, 0.3) is 0 Å². The first-order valence-corrected chi connectivity index (χ1v) is 12.3. The molecule has 0 unspecified atom stereocenters. The van der Waals surface area contributed by atoms with Gasteiger partial charge < -0.3 is 20.7 Å². The van der Waals surface area contributed by atoms with Crippen molar-refractivity contribution >= 4 is 23.2 Å². The van der Waals surface area contributed by atoms with Crippen molar-refractivity contribution in [2.24, 2.45) is 0 Å². The Kier molecular flexibility index (Phi) is 10.1. The summed E-state index contributed by atoms with van der Waals surface area (Å²) in [5.74, 6) is 0.605. The minimum Gasteiger partial charge on any atom is -0.494 e. The van der Waals surface area contributed by atoms with E-state index in [0.717, 1.165) is 36.4 Å². The van der Waals surface area contributed by atoms with Crippen LogP contribution in [0.1, 0.15) is 75.1 Å². The number of rotatable bonds is 12. The highest BCUT2D eigenvalue weighted by Gasteiger charge is 2.16. The molecule has 2 amide bonds. The molecule has 0 radical (unpaired) electrons. The van der Waals surface area contributed by atoms with Crippen LogP contribution in [0.4, 0.5) is 11.4 Å². The molecule has 0 aromatic heterocycles. The summed E-state index contributed by atoms with van der Waals surface area (Å²) < 4.78 is 5.74. The van der Waals surface area contributed by atoms with Crippen LogP contribution in [0, 0.1) is 0 Å². The lowest BCUT2D eigenvalue weighted by Gasteiger charge is -2.22. The predicted molar refractivity (Wildman–Crippen MR) is 134 cm³/mol. The standard InChI is InChI=1S/C27H37N3O3/c1-2-3-4-8-18-33-25-16-14-23(15-17-25)29-26(31)20-28-24-13-9-10-21(19-24)27(32)30-22-11-6-5-7-12-22/h9-10,13-17,19,22,28H,2-8,11-12,18,20H2,1H3,(H,29,31)(H,30,32). The van der Waals surface area contributed by atoms with Gasteiger partial charge in [-0.15, -0.1) is 0 Å². The fourth-order valence-corrected chi connectivity index (χ4v) is 4.03. The van der Waals surface area contributed by atoms with Gasteiger partial charge in [-0.25, -0.2) is 0 Å². The molecule has 178 valence electrons. The number of nitrogens with one attached hydrogen (secondary N) is 3. The van der Waals surface area contributed by atoms with E-state index in [0.29, 0.717) is 12.2 Å². The largest absolute Gasteiger partial charge is 0.494 e. The topological polar surface area (TPSA) is 79.5 Å². The molecule has 0 atom stereocenters. The van der Waals surface area contributed by atoms with Crippen molar-refractivity contribution in [1.29, 1.82) is 0 Å². The average molecular weight is 452 g/mol. The number of carbonyl (C=O) groups excluding carboxylic acids is 2. The van der Waals surface area contributed by atoms with Crippen molar-refractivity contribution in [2.45, 2.75) is 70.8 Å². The Morgan fingerprint density at radius 2 is 1.73 bits per heavy atom. The fourth-order valence-electron chi connectivity index (χ4n) is 4.03. The number of ether oxygens (including phenoxy) is 1. The Morgan fingerprint density at radius 1 is 0.939 bits per heavy atom. The zero-order chi connectivity index (χ0) is 23.3. The summed E-state index contributed by atoms with van der Waals surface area (Å²) in [6.07, 6.45) is 10.4. The molecule has 2 aromatic rings. The van der Waals surface area contributed by atoms with Crippen LogP contribution in [-0.4, -0.2) is 31.0 Å². The maximum absolute atomic E-state index is 12.6. The second kappa shape index (κ2) is 13.5. The van der Waals surface area contributed by atoms with E-state index in [1.165, 1.54) is 38.5 Å². The number of unbranched alkanes of at least 4 members (excludes halogenated alkanes) is 3. The number of carbonyl (C=O) groups is 2. The van der Waals surface area contributed by atoms with Gasteiger partial charge in [0.25, 0.3) is 5.91 Å². The zero-order valence-electron chi connectivity index (χ0n) is 19.7. The van der Waals surface area contributed by atoms with E-state index in [9.17, 15) is 9.59 Å². The number of anilines is 2. The van der Waals surface area contributed by atoms with Gasteiger partial charge in [0, 0.05) is 23.0 Å². The zero-order valence-corrected chi connectivity index (χ0v) is 19.7. The van der Waals surface area contributed by atoms with E-state index >= 15 is 0 Å². The van der Waals surface area contributed by atoms with E-state index in [-0.39, 0.29) is 24.4 Å². The van der Waals surface area contributed by atoms with Crippen molar-refractivity contribution in [2.75, 3.05) is 23.8 Å². The molecule has 6 nitrogen and oxygen atoms in total. The molecule has 3 rings (SSSR count). The fraction of sp³-hybridized carbons (Fsp3) is 0.481. The van der Waals surface area contributed by atoms with Crippen molar-refractivity contribution in [3.05, 3.63) is 54.1 Å². The summed E-state index contributed by atoms with van der Waals surface area (Å²) in [5, 5.41) is 9.11. The first-order chi connectivity index (χ1) is 16.1. The van der Waals surface area contributed by atoms with Crippen molar-refractivity contribution in [3.63, 3.8) is 0 Å². The van der Waals surface area contributed by atoms with E-state index in [1.54, 1.807) is 12.1 Å². The van der Waals surface area contributed by atoms with E-state index < -0.39 is 0 Å². The van der Waals surface area contributed by atoms with Gasteiger partial charge in [-0.05, 0) is 61.7 Å². The van der Waals surface area contributed by atoms with Gasteiger partial charge in [0.15, 0.2) is 0 Å². The maximum atomic E-state index is 12.6. The van der Waals surface area contributed by atoms with E-state index in [4.69, 9.17) is 4.74 Å². The molecule has 6 heteroatoms. The lowest BCUT2D eigenvalue weighted by atomic mass is 9.95. The molecule has 33 heavy (non-hydrogen) atoms. The summed E-state index contributed by atoms with van der Waals surface area (Å²) in [6, 6.07) is 15.0. The summed E-state index contributed by atoms with van der Waals surface area (Å²) in [7, 11) is 0. The van der Waals surface area contributed by atoms with Crippen LogP contribution in [0.3, 0.4) is 0 Å². The maximum Gasteiger partial charge on any atom is 0.251 e. The van der Waals surface area contributed by atoms with Crippen LogP contribution < -0.4 is 20.7 Å². The minimum absolute atomic E-state index is 0.0531. The third kappa shape index (κ3) is 8.79. The Hall–Kier alpha value is -3.02. The normalized spacial score (nSPS) is 13.8. The molecular weight excluding hydrogens is 414 g/mol. The molecule has 1 fully saturated rings. The van der Waals surface area contributed by atoms with Crippen molar-refractivity contribution in [1.82, 2.24) is 5.32 Å².